The predicted molar refractivity (Wildman–Crippen MR) is 74.2 cm³/mol. The van der Waals surface area contributed by atoms with Crippen molar-refractivity contribution < 1.29 is 14.2 Å². The lowest BCUT2D eigenvalue weighted by atomic mass is 10.0. The minimum atomic E-state index is 0.606. The molecule has 0 aromatic heterocycles. The van der Waals surface area contributed by atoms with E-state index in [9.17, 15) is 0 Å². The van der Waals surface area contributed by atoms with Gasteiger partial charge >= 0.3 is 0 Å². The molecule has 0 saturated heterocycles. The summed E-state index contributed by atoms with van der Waals surface area (Å²) in [6, 6.07) is 15.2. The zero-order valence-electron chi connectivity index (χ0n) is 11.4. The maximum Gasteiger partial charge on any atom is 0.203 e. The molecule has 0 atom stereocenters. The summed E-state index contributed by atoms with van der Waals surface area (Å²) in [5.74, 6) is 1.90. The Labute approximate surface area is 113 Å². The summed E-state index contributed by atoms with van der Waals surface area (Å²) in [7, 11) is 4.83. The molecule has 3 nitrogen and oxygen atoms in total. The van der Waals surface area contributed by atoms with Gasteiger partial charge in [-0.2, -0.15) is 0 Å². The average Bonchev–Trinajstić information content (AvgIpc) is 2.47. The van der Waals surface area contributed by atoms with Gasteiger partial charge in [0.05, 0.1) is 21.3 Å². The van der Waals surface area contributed by atoms with Crippen LogP contribution in [-0.4, -0.2) is 21.3 Å². The van der Waals surface area contributed by atoms with Gasteiger partial charge in [-0.05, 0) is 17.7 Å². The van der Waals surface area contributed by atoms with Crippen molar-refractivity contribution in [3.8, 4) is 17.2 Å². The average molecular weight is 257 g/mol. The Kier molecular flexibility index (Phi) is 4.29. The molecule has 3 heteroatoms. The molecule has 0 saturated carbocycles. The third kappa shape index (κ3) is 2.81. The molecule has 0 spiro atoms. The number of hydrogen-bond acceptors (Lipinski definition) is 3. The zero-order valence-corrected chi connectivity index (χ0v) is 11.4. The molecule has 2 aromatic rings. The first-order valence-corrected chi connectivity index (χ1v) is 6.03. The van der Waals surface area contributed by atoms with Crippen molar-refractivity contribution >= 4 is 0 Å². The minimum absolute atomic E-state index is 0.606. The molecule has 19 heavy (non-hydrogen) atoms. The van der Waals surface area contributed by atoms with Gasteiger partial charge in [-0.3, -0.25) is 0 Å². The second kappa shape index (κ2) is 6.14. The van der Waals surface area contributed by atoms with Gasteiger partial charge < -0.3 is 14.2 Å². The van der Waals surface area contributed by atoms with Gasteiger partial charge in [0, 0.05) is 12.0 Å². The Hall–Kier alpha value is -2.16. The Morgan fingerprint density at radius 1 is 0.895 bits per heavy atom. The van der Waals surface area contributed by atoms with E-state index in [1.165, 1.54) is 5.56 Å². The summed E-state index contributed by atoms with van der Waals surface area (Å²) in [5.41, 5.74) is 2.15. The van der Waals surface area contributed by atoms with Crippen molar-refractivity contribution in [1.29, 1.82) is 0 Å². The van der Waals surface area contributed by atoms with E-state index in [0.29, 0.717) is 17.2 Å². The summed E-state index contributed by atoms with van der Waals surface area (Å²) < 4.78 is 16.1. The Morgan fingerprint density at radius 2 is 1.58 bits per heavy atom. The quantitative estimate of drug-likeness (QED) is 0.823. The van der Waals surface area contributed by atoms with Crippen LogP contribution in [-0.2, 0) is 6.42 Å². The van der Waals surface area contributed by atoms with E-state index in [1.807, 2.05) is 18.2 Å². The molecule has 0 unspecified atom stereocenters. The second-order valence-corrected chi connectivity index (χ2v) is 4.06. The number of methoxy groups -OCH3 is 3. The summed E-state index contributed by atoms with van der Waals surface area (Å²) >= 11 is 0. The van der Waals surface area contributed by atoms with Crippen molar-refractivity contribution in [3.63, 3.8) is 0 Å². The van der Waals surface area contributed by atoms with Crippen LogP contribution in [0.25, 0.3) is 0 Å². The van der Waals surface area contributed by atoms with E-state index in [0.717, 1.165) is 12.0 Å². The normalized spacial score (nSPS) is 10.1. The van der Waals surface area contributed by atoms with Gasteiger partial charge in [-0.15, -0.1) is 0 Å². The summed E-state index contributed by atoms with van der Waals surface area (Å²) in [6.07, 6.45) is 0.740. The zero-order chi connectivity index (χ0) is 13.7. The summed E-state index contributed by atoms with van der Waals surface area (Å²) in [4.78, 5) is 0. The smallest absolute Gasteiger partial charge is 0.203 e. The van der Waals surface area contributed by atoms with Crippen molar-refractivity contribution in [2.24, 2.45) is 0 Å². The van der Waals surface area contributed by atoms with Crippen LogP contribution < -0.4 is 14.2 Å². The first kappa shape index (κ1) is 13.3. The fraction of sp³-hybridized carbons (Fsp3) is 0.250. The number of rotatable bonds is 5. The van der Waals surface area contributed by atoms with Gasteiger partial charge in [-0.25, -0.2) is 0 Å². The second-order valence-electron chi connectivity index (χ2n) is 4.06. The Balaban J connectivity index is 2.40. The largest absolute Gasteiger partial charge is 0.493 e. The van der Waals surface area contributed by atoms with Gasteiger partial charge in [0.1, 0.15) is 0 Å². The van der Waals surface area contributed by atoms with E-state index in [-0.39, 0.29) is 0 Å². The topological polar surface area (TPSA) is 27.7 Å². The lowest BCUT2D eigenvalue weighted by Crippen LogP contribution is -1.99. The molecule has 1 radical (unpaired) electrons. The third-order valence-electron chi connectivity index (χ3n) is 2.93. The minimum Gasteiger partial charge on any atom is -0.493 e. The van der Waals surface area contributed by atoms with Gasteiger partial charge in [0.2, 0.25) is 5.75 Å². The van der Waals surface area contributed by atoms with Crippen LogP contribution in [0.15, 0.2) is 36.4 Å². The fourth-order valence-electron chi connectivity index (χ4n) is 2.02. The molecule has 0 aliphatic rings. The highest BCUT2D eigenvalue weighted by Crippen LogP contribution is 2.40. The molecule has 0 amide bonds. The number of benzene rings is 2. The van der Waals surface area contributed by atoms with Crippen molar-refractivity contribution in [3.05, 3.63) is 53.6 Å². The van der Waals surface area contributed by atoms with E-state index in [1.54, 1.807) is 27.4 Å². The monoisotopic (exact) mass is 257 g/mol. The fourth-order valence-corrected chi connectivity index (χ4v) is 2.02. The van der Waals surface area contributed by atoms with Crippen LogP contribution in [0.2, 0.25) is 0 Å². The number of ether oxygens (including phenoxy) is 3. The van der Waals surface area contributed by atoms with Crippen LogP contribution in [0, 0.1) is 6.07 Å². The van der Waals surface area contributed by atoms with Gasteiger partial charge in [0.15, 0.2) is 11.5 Å². The number of hydrogen-bond donors (Lipinski definition) is 0. The lowest BCUT2D eigenvalue weighted by molar-refractivity contribution is 0.322. The molecule has 0 aliphatic heterocycles. The van der Waals surface area contributed by atoms with E-state index in [4.69, 9.17) is 14.2 Å². The van der Waals surface area contributed by atoms with E-state index in [2.05, 4.69) is 18.2 Å². The summed E-state index contributed by atoms with van der Waals surface area (Å²) in [5, 5.41) is 0. The molecular formula is C16H17O3. The molecule has 0 N–H and O–H groups in total. The highest BCUT2D eigenvalue weighted by atomic mass is 16.5. The summed E-state index contributed by atoms with van der Waals surface area (Å²) in [6.45, 7) is 0. The highest BCUT2D eigenvalue weighted by Gasteiger charge is 2.16. The van der Waals surface area contributed by atoms with Gasteiger partial charge in [0.25, 0.3) is 0 Å². The van der Waals surface area contributed by atoms with Crippen LogP contribution in [0.4, 0.5) is 0 Å². The highest BCUT2D eigenvalue weighted by molar-refractivity contribution is 5.56. The molecule has 0 fully saturated rings. The maximum atomic E-state index is 5.45. The molecule has 0 aliphatic carbocycles. The SMILES string of the molecule is COc1c[c]c(Cc2ccccc2)c(OC)c1OC. The molecular weight excluding hydrogens is 240 g/mol. The Morgan fingerprint density at radius 3 is 2.16 bits per heavy atom. The predicted octanol–water partition coefficient (Wildman–Crippen LogP) is 3.10. The van der Waals surface area contributed by atoms with Gasteiger partial charge in [-0.1, -0.05) is 30.3 Å². The van der Waals surface area contributed by atoms with Crippen LogP contribution >= 0.6 is 0 Å². The third-order valence-corrected chi connectivity index (χ3v) is 2.93. The molecule has 2 rings (SSSR count). The maximum absolute atomic E-state index is 5.45. The lowest BCUT2D eigenvalue weighted by Gasteiger charge is -2.15. The van der Waals surface area contributed by atoms with Crippen LogP contribution in [0.3, 0.4) is 0 Å². The van der Waals surface area contributed by atoms with Crippen LogP contribution in [0.5, 0.6) is 17.2 Å². The van der Waals surface area contributed by atoms with Crippen LogP contribution in [0.1, 0.15) is 11.1 Å². The van der Waals surface area contributed by atoms with E-state index < -0.39 is 0 Å². The molecule has 0 bridgehead atoms. The molecule has 99 valence electrons. The molecule has 0 heterocycles. The Bertz CT molecular complexity index is 535. The van der Waals surface area contributed by atoms with Crippen molar-refractivity contribution in [1.82, 2.24) is 0 Å². The standard InChI is InChI=1S/C16H17O3/c1-17-14-10-9-13(15(18-2)16(14)19-3)11-12-7-5-4-6-8-12/h4-8,10H,11H2,1-3H3. The van der Waals surface area contributed by atoms with Crippen molar-refractivity contribution in [2.75, 3.05) is 21.3 Å². The first-order chi connectivity index (χ1) is 9.30. The van der Waals surface area contributed by atoms with E-state index >= 15 is 0 Å². The first-order valence-electron chi connectivity index (χ1n) is 6.03. The molecule has 2 aromatic carbocycles. The van der Waals surface area contributed by atoms with Crippen molar-refractivity contribution in [2.45, 2.75) is 6.42 Å².